The lowest BCUT2D eigenvalue weighted by Gasteiger charge is -2.13. The number of benzene rings is 1. The summed E-state index contributed by atoms with van der Waals surface area (Å²) in [5.41, 5.74) is 8.24. The number of fused-ring (bicyclic) bond motifs is 1. The Morgan fingerprint density at radius 3 is 2.44 bits per heavy atom. The smallest absolute Gasteiger partial charge is 0.149 e. The molecule has 0 amide bonds. The molecule has 0 radical (unpaired) electrons. The maximum absolute atomic E-state index is 13.2. The van der Waals surface area contributed by atoms with Crippen molar-refractivity contribution in [3.8, 4) is 5.69 Å². The molecule has 94 valence electrons. The van der Waals surface area contributed by atoms with Crippen molar-refractivity contribution in [3.63, 3.8) is 0 Å². The zero-order chi connectivity index (χ0) is 12.7. The molecule has 3 nitrogen and oxygen atoms in total. The van der Waals surface area contributed by atoms with Gasteiger partial charge in [0.25, 0.3) is 0 Å². The molecule has 0 bridgehead atoms. The number of hydrogen-bond donors (Lipinski definition) is 1. The largest absolute Gasteiger partial charge is 0.382 e. The van der Waals surface area contributed by atoms with Gasteiger partial charge >= 0.3 is 0 Å². The van der Waals surface area contributed by atoms with Crippen LogP contribution in [0, 0.1) is 11.6 Å². The first kappa shape index (κ1) is 11.2. The van der Waals surface area contributed by atoms with Gasteiger partial charge in [-0.25, -0.2) is 13.5 Å². The minimum absolute atomic E-state index is 0.391. The fraction of sp³-hybridized carbons (Fsp3) is 0.308. The van der Waals surface area contributed by atoms with E-state index >= 15 is 0 Å². The summed E-state index contributed by atoms with van der Waals surface area (Å²) >= 11 is 0. The standard InChI is InChI=1S/C13H13F2N3/c14-8-5-9(15)7-10(6-8)18-12-4-2-1-3-11(12)13(16)17-18/h5-7H,1-4H2,(H2,16,17). The van der Waals surface area contributed by atoms with Crippen molar-refractivity contribution in [1.29, 1.82) is 0 Å². The van der Waals surface area contributed by atoms with Gasteiger partial charge in [-0.15, -0.1) is 0 Å². The van der Waals surface area contributed by atoms with Crippen LogP contribution < -0.4 is 5.73 Å². The van der Waals surface area contributed by atoms with E-state index in [-0.39, 0.29) is 0 Å². The van der Waals surface area contributed by atoms with E-state index in [0.717, 1.165) is 43.0 Å². The Bertz CT molecular complexity index is 584. The summed E-state index contributed by atoms with van der Waals surface area (Å²) in [6.45, 7) is 0. The second-order valence-corrected chi connectivity index (χ2v) is 4.56. The van der Waals surface area contributed by atoms with Gasteiger partial charge in [0.1, 0.15) is 17.5 Å². The van der Waals surface area contributed by atoms with Gasteiger partial charge < -0.3 is 5.73 Å². The number of nitrogens with two attached hydrogens (primary N) is 1. The molecule has 1 aromatic heterocycles. The number of aromatic nitrogens is 2. The number of halogens is 2. The van der Waals surface area contributed by atoms with Crippen LogP contribution in [0.4, 0.5) is 14.6 Å². The zero-order valence-corrected chi connectivity index (χ0v) is 9.79. The topological polar surface area (TPSA) is 43.8 Å². The van der Waals surface area contributed by atoms with Crippen LogP contribution >= 0.6 is 0 Å². The molecule has 2 N–H and O–H groups in total. The molecule has 0 saturated heterocycles. The van der Waals surface area contributed by atoms with Crippen molar-refractivity contribution >= 4 is 5.82 Å². The molecule has 1 aliphatic carbocycles. The van der Waals surface area contributed by atoms with Gasteiger partial charge in [-0.1, -0.05) is 0 Å². The SMILES string of the molecule is Nc1nn(-c2cc(F)cc(F)c2)c2c1CCCC2. The van der Waals surface area contributed by atoms with E-state index < -0.39 is 11.6 Å². The van der Waals surface area contributed by atoms with Crippen LogP contribution in [0.3, 0.4) is 0 Å². The fourth-order valence-corrected chi connectivity index (χ4v) is 2.50. The Hall–Kier alpha value is -1.91. The van der Waals surface area contributed by atoms with Crippen molar-refractivity contribution < 1.29 is 8.78 Å². The van der Waals surface area contributed by atoms with Gasteiger partial charge in [0.2, 0.25) is 0 Å². The first-order chi connectivity index (χ1) is 8.65. The van der Waals surface area contributed by atoms with E-state index in [0.29, 0.717) is 11.5 Å². The molecule has 0 unspecified atom stereocenters. The van der Waals surface area contributed by atoms with Gasteiger partial charge in [0, 0.05) is 17.3 Å². The second-order valence-electron chi connectivity index (χ2n) is 4.56. The monoisotopic (exact) mass is 249 g/mol. The predicted molar refractivity (Wildman–Crippen MR) is 64.5 cm³/mol. The van der Waals surface area contributed by atoms with Crippen molar-refractivity contribution in [1.82, 2.24) is 9.78 Å². The van der Waals surface area contributed by atoms with Crippen molar-refractivity contribution in [3.05, 3.63) is 41.1 Å². The van der Waals surface area contributed by atoms with Crippen LogP contribution in [0.5, 0.6) is 0 Å². The van der Waals surface area contributed by atoms with Crippen LogP contribution in [-0.4, -0.2) is 9.78 Å². The molecule has 0 saturated carbocycles. The van der Waals surface area contributed by atoms with Crippen LogP contribution in [0.1, 0.15) is 24.1 Å². The summed E-state index contributed by atoms with van der Waals surface area (Å²) in [5.74, 6) is -0.748. The molecule has 1 heterocycles. The Morgan fingerprint density at radius 2 is 1.72 bits per heavy atom. The lowest BCUT2D eigenvalue weighted by molar-refractivity contribution is 0.578. The Labute approximate surface area is 103 Å². The molecular formula is C13H13F2N3. The number of nitrogen functional groups attached to an aromatic ring is 1. The van der Waals surface area contributed by atoms with Crippen LogP contribution in [0.15, 0.2) is 18.2 Å². The van der Waals surface area contributed by atoms with E-state index in [1.54, 1.807) is 4.68 Å². The third kappa shape index (κ3) is 1.75. The van der Waals surface area contributed by atoms with E-state index in [1.165, 1.54) is 12.1 Å². The third-order valence-electron chi connectivity index (χ3n) is 3.30. The summed E-state index contributed by atoms with van der Waals surface area (Å²) in [6.07, 6.45) is 3.87. The molecular weight excluding hydrogens is 236 g/mol. The van der Waals surface area contributed by atoms with Crippen molar-refractivity contribution in [2.45, 2.75) is 25.7 Å². The highest BCUT2D eigenvalue weighted by molar-refractivity contribution is 5.48. The van der Waals surface area contributed by atoms with Gasteiger partial charge in [-0.2, -0.15) is 5.10 Å². The van der Waals surface area contributed by atoms with Crippen LogP contribution in [-0.2, 0) is 12.8 Å². The minimum Gasteiger partial charge on any atom is -0.382 e. The van der Waals surface area contributed by atoms with E-state index in [2.05, 4.69) is 5.10 Å². The van der Waals surface area contributed by atoms with Gasteiger partial charge in [0.05, 0.1) is 5.69 Å². The summed E-state index contributed by atoms with van der Waals surface area (Å²) in [4.78, 5) is 0. The minimum atomic E-state index is -0.608. The highest BCUT2D eigenvalue weighted by Gasteiger charge is 2.20. The fourth-order valence-electron chi connectivity index (χ4n) is 2.50. The molecule has 1 aromatic carbocycles. The van der Waals surface area contributed by atoms with Crippen molar-refractivity contribution in [2.24, 2.45) is 0 Å². The first-order valence-corrected chi connectivity index (χ1v) is 5.98. The predicted octanol–water partition coefficient (Wildman–Crippen LogP) is 2.61. The van der Waals surface area contributed by atoms with Gasteiger partial charge in [0.15, 0.2) is 0 Å². The average Bonchev–Trinajstić information content (AvgIpc) is 2.66. The highest BCUT2D eigenvalue weighted by atomic mass is 19.1. The molecule has 3 rings (SSSR count). The Kier molecular flexibility index (Phi) is 2.54. The molecule has 0 fully saturated rings. The summed E-state index contributed by atoms with van der Waals surface area (Å²) in [5, 5.41) is 4.21. The van der Waals surface area contributed by atoms with Gasteiger partial charge in [-0.05, 0) is 37.8 Å². The maximum Gasteiger partial charge on any atom is 0.149 e. The molecule has 2 aromatic rings. The molecule has 0 aliphatic heterocycles. The number of rotatable bonds is 1. The van der Waals surface area contributed by atoms with Gasteiger partial charge in [-0.3, -0.25) is 0 Å². The van der Waals surface area contributed by atoms with E-state index in [9.17, 15) is 8.78 Å². The van der Waals surface area contributed by atoms with Crippen LogP contribution in [0.25, 0.3) is 5.69 Å². The molecule has 1 aliphatic rings. The van der Waals surface area contributed by atoms with E-state index in [4.69, 9.17) is 5.73 Å². The molecule has 0 atom stereocenters. The quantitative estimate of drug-likeness (QED) is 0.844. The zero-order valence-electron chi connectivity index (χ0n) is 9.79. The highest BCUT2D eigenvalue weighted by Crippen LogP contribution is 2.28. The maximum atomic E-state index is 13.2. The lowest BCUT2D eigenvalue weighted by atomic mass is 9.97. The average molecular weight is 249 g/mol. The Balaban J connectivity index is 2.17. The summed E-state index contributed by atoms with van der Waals surface area (Å²) in [6, 6.07) is 3.39. The van der Waals surface area contributed by atoms with Crippen LogP contribution in [0.2, 0.25) is 0 Å². The summed E-state index contributed by atoms with van der Waals surface area (Å²) < 4.78 is 28.0. The summed E-state index contributed by atoms with van der Waals surface area (Å²) in [7, 11) is 0. The van der Waals surface area contributed by atoms with Crippen molar-refractivity contribution in [2.75, 3.05) is 5.73 Å². The van der Waals surface area contributed by atoms with E-state index in [1.807, 2.05) is 0 Å². The first-order valence-electron chi connectivity index (χ1n) is 5.98. The Morgan fingerprint density at radius 1 is 1.06 bits per heavy atom. The molecule has 5 heteroatoms. The number of anilines is 1. The normalized spacial score (nSPS) is 14.6. The molecule has 0 spiro atoms. The molecule has 18 heavy (non-hydrogen) atoms. The third-order valence-corrected chi connectivity index (χ3v) is 3.30. The lowest BCUT2D eigenvalue weighted by Crippen LogP contribution is -2.08. The number of nitrogens with zero attached hydrogens (tertiary/aromatic N) is 2. The number of hydrogen-bond acceptors (Lipinski definition) is 2. The second kappa shape index (κ2) is 4.08.